The lowest BCUT2D eigenvalue weighted by atomic mass is 9.85. The maximum absolute atomic E-state index is 12.3. The van der Waals surface area contributed by atoms with Crippen molar-refractivity contribution in [1.82, 2.24) is 10.2 Å². The van der Waals surface area contributed by atoms with Gasteiger partial charge in [0.2, 0.25) is 5.91 Å². The monoisotopic (exact) mass is 267 g/mol. The van der Waals surface area contributed by atoms with E-state index >= 15 is 0 Å². The van der Waals surface area contributed by atoms with Crippen LogP contribution in [-0.2, 0) is 4.79 Å². The van der Waals surface area contributed by atoms with Crippen LogP contribution < -0.4 is 11.1 Å². The smallest absolute Gasteiger partial charge is 0.223 e. The fourth-order valence-corrected chi connectivity index (χ4v) is 3.59. The van der Waals surface area contributed by atoms with Crippen LogP contribution in [0.1, 0.15) is 51.4 Å². The van der Waals surface area contributed by atoms with Crippen molar-refractivity contribution in [3.63, 3.8) is 0 Å². The van der Waals surface area contributed by atoms with Crippen molar-refractivity contribution in [3.8, 4) is 0 Å². The summed E-state index contributed by atoms with van der Waals surface area (Å²) in [6, 6.07) is 0.312. The molecule has 0 aliphatic heterocycles. The molecule has 4 nitrogen and oxygen atoms in total. The van der Waals surface area contributed by atoms with Crippen LogP contribution in [0.3, 0.4) is 0 Å². The highest BCUT2D eigenvalue weighted by molar-refractivity contribution is 5.78. The molecule has 2 saturated carbocycles. The summed E-state index contributed by atoms with van der Waals surface area (Å²) in [5.41, 5.74) is 6.09. The number of carbonyl (C=O) groups is 1. The third-order valence-electron chi connectivity index (χ3n) is 5.22. The molecule has 2 aliphatic rings. The van der Waals surface area contributed by atoms with E-state index < -0.39 is 0 Å². The lowest BCUT2D eigenvalue weighted by Gasteiger charge is -2.37. The predicted octanol–water partition coefficient (Wildman–Crippen LogP) is 1.49. The van der Waals surface area contributed by atoms with Gasteiger partial charge in [-0.25, -0.2) is 0 Å². The second-order valence-electron chi connectivity index (χ2n) is 6.66. The average Bonchev–Trinajstić information content (AvgIpc) is 2.87. The maximum Gasteiger partial charge on any atom is 0.223 e. The minimum atomic E-state index is 0.195. The first-order valence-corrected chi connectivity index (χ1v) is 7.74. The third-order valence-corrected chi connectivity index (χ3v) is 5.22. The zero-order valence-corrected chi connectivity index (χ0v) is 12.5. The van der Waals surface area contributed by atoms with E-state index in [0.717, 1.165) is 32.2 Å². The Labute approximate surface area is 117 Å². The lowest BCUT2D eigenvalue weighted by molar-refractivity contribution is -0.126. The highest BCUT2D eigenvalue weighted by atomic mass is 16.1. The molecule has 1 amide bonds. The quantitative estimate of drug-likeness (QED) is 0.811. The van der Waals surface area contributed by atoms with Crippen LogP contribution in [0.5, 0.6) is 0 Å². The van der Waals surface area contributed by atoms with E-state index in [1.807, 2.05) is 0 Å². The van der Waals surface area contributed by atoms with E-state index in [1.54, 1.807) is 0 Å². The van der Waals surface area contributed by atoms with Crippen molar-refractivity contribution in [2.75, 3.05) is 20.6 Å². The van der Waals surface area contributed by atoms with Crippen LogP contribution in [0.2, 0.25) is 0 Å². The third kappa shape index (κ3) is 3.48. The van der Waals surface area contributed by atoms with Gasteiger partial charge in [-0.2, -0.15) is 0 Å². The normalized spacial score (nSPS) is 30.5. The summed E-state index contributed by atoms with van der Waals surface area (Å²) in [6.45, 7) is 0.807. The van der Waals surface area contributed by atoms with Gasteiger partial charge < -0.3 is 16.0 Å². The number of hydrogen-bond acceptors (Lipinski definition) is 3. The molecule has 0 aromatic rings. The molecule has 0 radical (unpaired) electrons. The molecular weight excluding hydrogens is 238 g/mol. The van der Waals surface area contributed by atoms with Crippen LogP contribution in [0, 0.1) is 5.92 Å². The molecular formula is C15H29N3O. The Morgan fingerprint density at radius 1 is 1.21 bits per heavy atom. The molecule has 0 spiro atoms. The van der Waals surface area contributed by atoms with E-state index in [9.17, 15) is 4.79 Å². The largest absolute Gasteiger partial charge is 0.354 e. The van der Waals surface area contributed by atoms with Gasteiger partial charge in [0.05, 0.1) is 0 Å². The van der Waals surface area contributed by atoms with Crippen molar-refractivity contribution in [2.24, 2.45) is 11.7 Å². The number of carbonyl (C=O) groups excluding carboxylic acids is 1. The van der Waals surface area contributed by atoms with E-state index in [2.05, 4.69) is 24.3 Å². The number of nitrogens with zero attached hydrogens (tertiary/aromatic N) is 1. The number of rotatable bonds is 4. The molecule has 0 saturated heterocycles. The van der Waals surface area contributed by atoms with Gasteiger partial charge in [0.15, 0.2) is 0 Å². The van der Waals surface area contributed by atoms with Crippen molar-refractivity contribution in [3.05, 3.63) is 0 Å². The minimum absolute atomic E-state index is 0.195. The summed E-state index contributed by atoms with van der Waals surface area (Å²) >= 11 is 0. The topological polar surface area (TPSA) is 58.4 Å². The summed E-state index contributed by atoms with van der Waals surface area (Å²) in [7, 11) is 4.27. The number of amides is 1. The molecule has 0 heterocycles. The highest BCUT2D eigenvalue weighted by Crippen LogP contribution is 2.33. The summed E-state index contributed by atoms with van der Waals surface area (Å²) < 4.78 is 0. The van der Waals surface area contributed by atoms with Crippen LogP contribution in [-0.4, -0.2) is 43.0 Å². The molecule has 2 fully saturated rings. The van der Waals surface area contributed by atoms with Gasteiger partial charge in [-0.1, -0.05) is 12.8 Å². The van der Waals surface area contributed by atoms with E-state index in [0.29, 0.717) is 6.04 Å². The van der Waals surface area contributed by atoms with Gasteiger partial charge in [0.1, 0.15) is 0 Å². The van der Waals surface area contributed by atoms with Crippen molar-refractivity contribution >= 4 is 5.91 Å². The Morgan fingerprint density at radius 2 is 1.79 bits per heavy atom. The van der Waals surface area contributed by atoms with E-state index in [4.69, 9.17) is 5.73 Å². The SMILES string of the molecule is CN(C)C1(CNC(=O)C2CCC(N)CC2)CCCC1. The molecule has 110 valence electrons. The van der Waals surface area contributed by atoms with Gasteiger partial charge in [0, 0.05) is 24.0 Å². The lowest BCUT2D eigenvalue weighted by Crippen LogP contribution is -2.52. The average molecular weight is 267 g/mol. The van der Waals surface area contributed by atoms with E-state index in [1.165, 1.54) is 25.7 Å². The summed E-state index contributed by atoms with van der Waals surface area (Å²) in [5.74, 6) is 0.445. The summed E-state index contributed by atoms with van der Waals surface area (Å²) in [6.07, 6.45) is 8.89. The van der Waals surface area contributed by atoms with Crippen molar-refractivity contribution in [1.29, 1.82) is 0 Å². The standard InChI is InChI=1S/C15H29N3O/c1-18(2)15(9-3-4-10-15)11-17-14(19)12-5-7-13(16)8-6-12/h12-13H,3-11,16H2,1-2H3,(H,17,19). The molecule has 19 heavy (non-hydrogen) atoms. The molecule has 0 unspecified atom stereocenters. The Kier molecular flexibility index (Phi) is 4.85. The fraction of sp³-hybridized carbons (Fsp3) is 0.933. The fourth-order valence-electron chi connectivity index (χ4n) is 3.59. The number of hydrogen-bond donors (Lipinski definition) is 2. The van der Waals surface area contributed by atoms with Crippen molar-refractivity contribution in [2.45, 2.75) is 62.9 Å². The molecule has 3 N–H and O–H groups in total. The number of nitrogens with two attached hydrogens (primary N) is 1. The van der Waals surface area contributed by atoms with Crippen LogP contribution in [0.4, 0.5) is 0 Å². The van der Waals surface area contributed by atoms with Crippen LogP contribution >= 0.6 is 0 Å². The van der Waals surface area contributed by atoms with Gasteiger partial charge in [-0.15, -0.1) is 0 Å². The van der Waals surface area contributed by atoms with Crippen LogP contribution in [0.15, 0.2) is 0 Å². The molecule has 0 aromatic carbocycles. The highest BCUT2D eigenvalue weighted by Gasteiger charge is 2.36. The Balaban J connectivity index is 1.82. The Hall–Kier alpha value is -0.610. The molecule has 0 aromatic heterocycles. The predicted molar refractivity (Wildman–Crippen MR) is 77.8 cm³/mol. The van der Waals surface area contributed by atoms with Crippen LogP contribution in [0.25, 0.3) is 0 Å². The van der Waals surface area contributed by atoms with Gasteiger partial charge in [-0.05, 0) is 52.6 Å². The first-order valence-electron chi connectivity index (χ1n) is 7.74. The number of nitrogens with one attached hydrogen (secondary N) is 1. The van der Waals surface area contributed by atoms with Gasteiger partial charge in [-0.3, -0.25) is 4.79 Å². The molecule has 4 heteroatoms. The molecule has 2 aliphatic carbocycles. The second kappa shape index (κ2) is 6.23. The zero-order chi connectivity index (χ0) is 13.9. The Morgan fingerprint density at radius 3 is 2.32 bits per heavy atom. The second-order valence-corrected chi connectivity index (χ2v) is 6.66. The van der Waals surface area contributed by atoms with Gasteiger partial charge in [0.25, 0.3) is 0 Å². The number of likely N-dealkylation sites (N-methyl/N-ethyl adjacent to an activating group) is 1. The first kappa shape index (κ1) is 14.8. The van der Waals surface area contributed by atoms with E-state index in [-0.39, 0.29) is 17.4 Å². The molecule has 0 bridgehead atoms. The minimum Gasteiger partial charge on any atom is -0.354 e. The maximum atomic E-state index is 12.3. The summed E-state index contributed by atoms with van der Waals surface area (Å²) in [5, 5.41) is 3.21. The zero-order valence-electron chi connectivity index (χ0n) is 12.5. The first-order chi connectivity index (χ1) is 9.03. The molecule has 2 rings (SSSR count). The van der Waals surface area contributed by atoms with Crippen molar-refractivity contribution < 1.29 is 4.79 Å². The Bertz CT molecular complexity index is 303. The van der Waals surface area contributed by atoms with Gasteiger partial charge >= 0.3 is 0 Å². The molecule has 0 atom stereocenters. The summed E-state index contributed by atoms with van der Waals surface area (Å²) in [4.78, 5) is 14.6.